The first-order valence-corrected chi connectivity index (χ1v) is 5.27. The Morgan fingerprint density at radius 2 is 1.38 bits per heavy atom. The summed E-state index contributed by atoms with van der Waals surface area (Å²) in [6.07, 6.45) is 0.692. The van der Waals surface area contributed by atoms with E-state index in [0.29, 0.717) is 5.92 Å². The lowest BCUT2D eigenvalue weighted by Crippen LogP contribution is -2.41. The lowest BCUT2D eigenvalue weighted by molar-refractivity contribution is -0.0376. The molecule has 0 saturated carbocycles. The Bertz CT molecular complexity index is 151. The van der Waals surface area contributed by atoms with E-state index in [-0.39, 0.29) is 16.9 Å². The predicted octanol–water partition coefficient (Wildman–Crippen LogP) is 3.47. The molecule has 0 aliphatic heterocycles. The van der Waals surface area contributed by atoms with Crippen molar-refractivity contribution in [2.45, 2.75) is 61.0 Å². The molecule has 13 heavy (non-hydrogen) atoms. The van der Waals surface area contributed by atoms with Crippen LogP contribution in [0.25, 0.3) is 0 Å². The van der Waals surface area contributed by atoms with Crippen LogP contribution in [-0.4, -0.2) is 11.2 Å². The van der Waals surface area contributed by atoms with Crippen molar-refractivity contribution >= 4 is 0 Å². The topological polar surface area (TPSA) is 20.2 Å². The minimum Gasteiger partial charge on any atom is -0.393 e. The van der Waals surface area contributed by atoms with Crippen molar-refractivity contribution in [3.8, 4) is 0 Å². The molecule has 0 aromatic rings. The summed E-state index contributed by atoms with van der Waals surface area (Å²) in [5.74, 6) is 0.566. The first-order chi connectivity index (χ1) is 5.59. The summed E-state index contributed by atoms with van der Waals surface area (Å²) in [4.78, 5) is 0. The predicted molar refractivity (Wildman–Crippen MR) is 58.7 cm³/mol. The van der Waals surface area contributed by atoms with Gasteiger partial charge in [0.25, 0.3) is 0 Å². The smallest absolute Gasteiger partial charge is 0.0598 e. The summed E-state index contributed by atoms with van der Waals surface area (Å²) in [6.45, 7) is 15.2. The Hall–Kier alpha value is -0.0400. The molecule has 0 fully saturated rings. The molecule has 0 saturated heterocycles. The van der Waals surface area contributed by atoms with Crippen LogP contribution in [-0.2, 0) is 0 Å². The van der Waals surface area contributed by atoms with E-state index in [9.17, 15) is 5.11 Å². The maximum Gasteiger partial charge on any atom is 0.0598 e. The van der Waals surface area contributed by atoms with E-state index in [4.69, 9.17) is 0 Å². The Kier molecular flexibility index (Phi) is 3.98. The van der Waals surface area contributed by atoms with E-state index in [0.717, 1.165) is 6.42 Å². The van der Waals surface area contributed by atoms with Crippen molar-refractivity contribution in [3.05, 3.63) is 0 Å². The van der Waals surface area contributed by atoms with Gasteiger partial charge in [-0.2, -0.15) is 0 Å². The second-order valence-electron chi connectivity index (χ2n) is 6.12. The van der Waals surface area contributed by atoms with Gasteiger partial charge in [-0.1, -0.05) is 48.5 Å². The fourth-order valence-corrected chi connectivity index (χ4v) is 1.24. The SMILES string of the molecule is CC(C)CC(O)C(C)(C)C(C)(C)C. The molecule has 0 radical (unpaired) electrons. The normalized spacial score (nSPS) is 16.4. The summed E-state index contributed by atoms with van der Waals surface area (Å²) < 4.78 is 0. The first-order valence-electron chi connectivity index (χ1n) is 5.27. The Balaban J connectivity index is 4.45. The third-order valence-electron chi connectivity index (χ3n) is 3.46. The van der Waals surface area contributed by atoms with Crippen molar-refractivity contribution in [2.24, 2.45) is 16.7 Å². The van der Waals surface area contributed by atoms with Gasteiger partial charge in [0.2, 0.25) is 0 Å². The maximum atomic E-state index is 10.1. The fourth-order valence-electron chi connectivity index (χ4n) is 1.24. The summed E-state index contributed by atoms with van der Waals surface area (Å²) in [7, 11) is 0. The molecule has 80 valence electrons. The van der Waals surface area contributed by atoms with Crippen molar-refractivity contribution < 1.29 is 5.11 Å². The minimum absolute atomic E-state index is 0.0166. The molecule has 0 heterocycles. The number of aliphatic hydroxyl groups excluding tert-OH is 1. The van der Waals surface area contributed by atoms with E-state index in [1.165, 1.54) is 0 Å². The van der Waals surface area contributed by atoms with Crippen LogP contribution in [0.2, 0.25) is 0 Å². The van der Waals surface area contributed by atoms with E-state index >= 15 is 0 Å². The van der Waals surface area contributed by atoms with Crippen LogP contribution in [0.1, 0.15) is 54.9 Å². The third kappa shape index (κ3) is 3.30. The average molecular weight is 186 g/mol. The van der Waals surface area contributed by atoms with Gasteiger partial charge in [-0.25, -0.2) is 0 Å². The highest BCUT2D eigenvalue weighted by atomic mass is 16.3. The second-order valence-corrected chi connectivity index (χ2v) is 6.12. The van der Waals surface area contributed by atoms with Gasteiger partial charge < -0.3 is 5.11 Å². The summed E-state index contributed by atoms with van der Waals surface area (Å²) >= 11 is 0. The zero-order chi connectivity index (χ0) is 10.9. The van der Waals surface area contributed by atoms with Crippen molar-refractivity contribution in [3.63, 3.8) is 0 Å². The van der Waals surface area contributed by atoms with Crippen molar-refractivity contribution in [1.82, 2.24) is 0 Å². The maximum absolute atomic E-state index is 10.1. The number of hydrogen-bond acceptors (Lipinski definition) is 1. The molecule has 0 bridgehead atoms. The summed E-state index contributed by atoms with van der Waals surface area (Å²) in [5, 5.41) is 10.1. The summed E-state index contributed by atoms with van der Waals surface area (Å²) in [6, 6.07) is 0. The van der Waals surface area contributed by atoms with Crippen LogP contribution in [0.5, 0.6) is 0 Å². The Morgan fingerprint density at radius 3 is 1.62 bits per heavy atom. The van der Waals surface area contributed by atoms with Gasteiger partial charge in [-0.05, 0) is 23.2 Å². The zero-order valence-electron chi connectivity index (χ0n) is 10.3. The molecule has 0 amide bonds. The van der Waals surface area contributed by atoms with Crippen LogP contribution < -0.4 is 0 Å². The van der Waals surface area contributed by atoms with E-state index in [1.54, 1.807) is 0 Å². The molecule has 0 aromatic carbocycles. The fraction of sp³-hybridized carbons (Fsp3) is 1.00. The first kappa shape index (κ1) is 13.0. The zero-order valence-corrected chi connectivity index (χ0v) is 10.3. The largest absolute Gasteiger partial charge is 0.393 e. The lowest BCUT2D eigenvalue weighted by Gasteiger charge is -2.43. The molecule has 1 unspecified atom stereocenters. The number of rotatable bonds is 3. The summed E-state index contributed by atoms with van der Waals surface area (Å²) in [5.41, 5.74) is 0.137. The molecule has 0 spiro atoms. The van der Waals surface area contributed by atoms with Gasteiger partial charge in [0, 0.05) is 0 Å². The van der Waals surface area contributed by atoms with Crippen LogP contribution in [0.3, 0.4) is 0 Å². The molecule has 0 aliphatic carbocycles. The lowest BCUT2D eigenvalue weighted by atomic mass is 9.64. The van der Waals surface area contributed by atoms with Gasteiger partial charge >= 0.3 is 0 Å². The Labute approximate surface area is 83.5 Å². The molecular weight excluding hydrogens is 160 g/mol. The molecule has 1 atom stereocenters. The highest BCUT2D eigenvalue weighted by molar-refractivity contribution is 4.88. The van der Waals surface area contributed by atoms with Crippen LogP contribution in [0.4, 0.5) is 0 Å². The number of aliphatic hydroxyl groups is 1. The molecule has 1 heteroatoms. The molecule has 1 nitrogen and oxygen atoms in total. The molecular formula is C12H26O. The molecule has 0 rings (SSSR count). The third-order valence-corrected chi connectivity index (χ3v) is 3.46. The van der Waals surface area contributed by atoms with E-state index in [2.05, 4.69) is 48.5 Å². The van der Waals surface area contributed by atoms with E-state index in [1.807, 2.05) is 0 Å². The van der Waals surface area contributed by atoms with Gasteiger partial charge in [0.15, 0.2) is 0 Å². The van der Waals surface area contributed by atoms with Crippen LogP contribution in [0.15, 0.2) is 0 Å². The van der Waals surface area contributed by atoms with Gasteiger partial charge in [-0.15, -0.1) is 0 Å². The van der Waals surface area contributed by atoms with Gasteiger partial charge in [-0.3, -0.25) is 0 Å². The highest BCUT2D eigenvalue weighted by Crippen LogP contribution is 2.42. The molecule has 0 aromatic heterocycles. The number of hydrogen-bond donors (Lipinski definition) is 1. The van der Waals surface area contributed by atoms with E-state index < -0.39 is 0 Å². The van der Waals surface area contributed by atoms with Gasteiger partial charge in [0.05, 0.1) is 6.10 Å². The molecule has 1 N–H and O–H groups in total. The highest BCUT2D eigenvalue weighted by Gasteiger charge is 2.39. The van der Waals surface area contributed by atoms with Crippen LogP contribution >= 0.6 is 0 Å². The molecule has 0 aliphatic rings. The van der Waals surface area contributed by atoms with Gasteiger partial charge in [0.1, 0.15) is 0 Å². The monoisotopic (exact) mass is 186 g/mol. The van der Waals surface area contributed by atoms with Crippen LogP contribution in [0, 0.1) is 16.7 Å². The quantitative estimate of drug-likeness (QED) is 0.715. The second kappa shape index (κ2) is 4.00. The van der Waals surface area contributed by atoms with Crippen molar-refractivity contribution in [2.75, 3.05) is 0 Å². The average Bonchev–Trinajstić information content (AvgIpc) is 1.82. The van der Waals surface area contributed by atoms with Crippen molar-refractivity contribution in [1.29, 1.82) is 0 Å². The Morgan fingerprint density at radius 1 is 1.00 bits per heavy atom. The standard InChI is InChI=1S/C12H26O/c1-9(2)8-10(13)12(6,7)11(3,4)5/h9-10,13H,8H2,1-7H3. The minimum atomic E-state index is -0.201.